The summed E-state index contributed by atoms with van der Waals surface area (Å²) in [6, 6.07) is 15.9. The number of carbonyl (C=O) groups excluding carboxylic acids is 1. The molecule has 2 aromatic carbocycles. The quantitative estimate of drug-likeness (QED) is 0.341. The first-order chi connectivity index (χ1) is 15.2. The van der Waals surface area contributed by atoms with E-state index in [4.69, 9.17) is 21.3 Å². The Morgan fingerprint density at radius 3 is 2.71 bits per heavy atom. The Balaban J connectivity index is 1.50. The number of para-hydroxylation sites is 3. The largest absolute Gasteiger partial charge is 0.492 e. The van der Waals surface area contributed by atoms with Crippen LogP contribution in [0.1, 0.15) is 51.3 Å². The highest BCUT2D eigenvalue weighted by atomic mass is 35.5. The molecule has 0 unspecified atom stereocenters. The monoisotopic (exact) mass is 441 g/mol. The van der Waals surface area contributed by atoms with Gasteiger partial charge in [-0.25, -0.2) is 4.98 Å². The number of ether oxygens (including phenoxy) is 1. The minimum atomic E-state index is 0.156. The first-order valence-electron chi connectivity index (χ1n) is 11.3. The number of carbonyl (C=O) groups is 1. The second-order valence-corrected chi connectivity index (χ2v) is 8.12. The SMILES string of the molecule is CCCC(=O)NCCCCCc1nc2ccccc2n1CCCOc1ccccc1Cl. The van der Waals surface area contributed by atoms with E-state index in [0.29, 0.717) is 18.1 Å². The van der Waals surface area contributed by atoms with Gasteiger partial charge in [-0.3, -0.25) is 4.79 Å². The average Bonchev–Trinajstić information content (AvgIpc) is 3.12. The van der Waals surface area contributed by atoms with Crippen molar-refractivity contribution in [2.75, 3.05) is 13.2 Å². The molecule has 0 aliphatic carbocycles. The number of amides is 1. The molecule has 1 aromatic heterocycles. The third-order valence-corrected chi connectivity index (χ3v) is 5.54. The van der Waals surface area contributed by atoms with Gasteiger partial charge >= 0.3 is 0 Å². The number of rotatable bonds is 13. The molecule has 1 amide bonds. The van der Waals surface area contributed by atoms with Gasteiger partial charge in [0.05, 0.1) is 22.7 Å². The second kappa shape index (κ2) is 12.4. The molecule has 0 fully saturated rings. The van der Waals surface area contributed by atoms with Crippen molar-refractivity contribution in [3.05, 3.63) is 59.4 Å². The molecule has 166 valence electrons. The van der Waals surface area contributed by atoms with Crippen LogP contribution >= 0.6 is 11.6 Å². The summed E-state index contributed by atoms with van der Waals surface area (Å²) in [6.45, 7) is 4.24. The van der Waals surface area contributed by atoms with Crippen LogP contribution < -0.4 is 10.1 Å². The van der Waals surface area contributed by atoms with E-state index in [1.165, 1.54) is 5.52 Å². The molecule has 0 radical (unpaired) electrons. The van der Waals surface area contributed by atoms with E-state index in [9.17, 15) is 4.79 Å². The van der Waals surface area contributed by atoms with Gasteiger partial charge in [-0.15, -0.1) is 0 Å². The number of aromatic nitrogens is 2. The zero-order valence-corrected chi connectivity index (χ0v) is 19.0. The molecular weight excluding hydrogens is 410 g/mol. The molecule has 0 atom stereocenters. The van der Waals surface area contributed by atoms with Crippen LogP contribution in [-0.2, 0) is 17.8 Å². The minimum Gasteiger partial charge on any atom is -0.492 e. The third kappa shape index (κ3) is 7.00. The number of hydrogen-bond acceptors (Lipinski definition) is 3. The number of nitrogens with zero attached hydrogens (tertiary/aromatic N) is 2. The van der Waals surface area contributed by atoms with E-state index in [-0.39, 0.29) is 5.91 Å². The Labute approximate surface area is 189 Å². The highest BCUT2D eigenvalue weighted by Crippen LogP contribution is 2.23. The summed E-state index contributed by atoms with van der Waals surface area (Å²) in [5, 5.41) is 3.62. The van der Waals surface area contributed by atoms with Gasteiger partial charge in [-0.2, -0.15) is 0 Å². The fourth-order valence-corrected chi connectivity index (χ4v) is 3.85. The number of imidazole rings is 1. The van der Waals surface area contributed by atoms with Gasteiger partial charge in [0.1, 0.15) is 11.6 Å². The molecule has 6 heteroatoms. The van der Waals surface area contributed by atoms with E-state index < -0.39 is 0 Å². The molecule has 0 saturated carbocycles. The van der Waals surface area contributed by atoms with Crippen LogP contribution in [-0.4, -0.2) is 28.6 Å². The van der Waals surface area contributed by atoms with Gasteiger partial charge in [0, 0.05) is 25.9 Å². The van der Waals surface area contributed by atoms with Crippen LogP contribution in [0.25, 0.3) is 11.0 Å². The van der Waals surface area contributed by atoms with Crippen LogP contribution in [0.4, 0.5) is 0 Å². The Bertz CT molecular complexity index is 970. The lowest BCUT2D eigenvalue weighted by Gasteiger charge is -2.11. The molecule has 0 saturated heterocycles. The summed E-state index contributed by atoms with van der Waals surface area (Å²) in [5.74, 6) is 2.00. The molecule has 0 bridgehead atoms. The lowest BCUT2D eigenvalue weighted by atomic mass is 10.2. The van der Waals surface area contributed by atoms with Crippen molar-refractivity contribution in [2.45, 2.75) is 58.4 Å². The van der Waals surface area contributed by atoms with E-state index in [2.05, 4.69) is 28.1 Å². The molecule has 31 heavy (non-hydrogen) atoms. The van der Waals surface area contributed by atoms with Crippen LogP contribution in [0.3, 0.4) is 0 Å². The lowest BCUT2D eigenvalue weighted by molar-refractivity contribution is -0.121. The van der Waals surface area contributed by atoms with Crippen LogP contribution in [0.5, 0.6) is 5.75 Å². The number of nitrogens with one attached hydrogen (secondary N) is 1. The molecule has 0 spiro atoms. The predicted octanol–water partition coefficient (Wildman–Crippen LogP) is 5.79. The topological polar surface area (TPSA) is 56.2 Å². The summed E-state index contributed by atoms with van der Waals surface area (Å²) < 4.78 is 8.16. The standard InChI is InChI=1S/C25H32ClN3O2/c1-2-11-25(30)27-17-9-3-4-16-24-28-21-13-6-7-14-22(21)29(24)18-10-19-31-23-15-8-5-12-20(23)26/h5-8,12-15H,2-4,9-11,16-19H2,1H3,(H,27,30). The lowest BCUT2D eigenvalue weighted by Crippen LogP contribution is -2.23. The van der Waals surface area contributed by atoms with E-state index in [0.717, 1.165) is 68.7 Å². The van der Waals surface area contributed by atoms with E-state index >= 15 is 0 Å². The summed E-state index contributed by atoms with van der Waals surface area (Å²) in [6.07, 6.45) is 6.45. The molecule has 3 aromatic rings. The Kier molecular flexibility index (Phi) is 9.22. The molecule has 0 aliphatic heterocycles. The van der Waals surface area contributed by atoms with Gasteiger partial charge in [-0.05, 0) is 49.9 Å². The van der Waals surface area contributed by atoms with Crippen molar-refractivity contribution < 1.29 is 9.53 Å². The maximum Gasteiger partial charge on any atom is 0.219 e. The summed E-state index contributed by atoms with van der Waals surface area (Å²) >= 11 is 6.17. The number of benzene rings is 2. The number of aryl methyl sites for hydroxylation is 2. The third-order valence-electron chi connectivity index (χ3n) is 5.23. The fourth-order valence-electron chi connectivity index (χ4n) is 3.66. The zero-order chi connectivity index (χ0) is 21.9. The first kappa shape index (κ1) is 23.1. The Hall–Kier alpha value is -2.53. The van der Waals surface area contributed by atoms with Crippen molar-refractivity contribution in [3.63, 3.8) is 0 Å². The average molecular weight is 442 g/mol. The Morgan fingerprint density at radius 1 is 1.06 bits per heavy atom. The van der Waals surface area contributed by atoms with Crippen LogP contribution in [0.15, 0.2) is 48.5 Å². The van der Waals surface area contributed by atoms with E-state index in [1.807, 2.05) is 37.3 Å². The first-order valence-corrected chi connectivity index (χ1v) is 11.6. The van der Waals surface area contributed by atoms with Crippen molar-refractivity contribution in [3.8, 4) is 5.75 Å². The highest BCUT2D eigenvalue weighted by Gasteiger charge is 2.10. The predicted molar refractivity (Wildman–Crippen MR) is 127 cm³/mol. The van der Waals surface area contributed by atoms with Gasteiger partial charge in [-0.1, -0.05) is 49.2 Å². The molecule has 0 aliphatic rings. The number of fused-ring (bicyclic) bond motifs is 1. The minimum absolute atomic E-state index is 0.156. The normalized spacial score (nSPS) is 11.0. The summed E-state index contributed by atoms with van der Waals surface area (Å²) in [5.41, 5.74) is 2.21. The smallest absolute Gasteiger partial charge is 0.219 e. The molecule has 1 heterocycles. The van der Waals surface area contributed by atoms with Gasteiger partial charge in [0.25, 0.3) is 0 Å². The maximum absolute atomic E-state index is 11.5. The molecule has 3 rings (SSSR count). The number of unbranched alkanes of at least 4 members (excludes halogenated alkanes) is 2. The highest BCUT2D eigenvalue weighted by molar-refractivity contribution is 6.32. The van der Waals surface area contributed by atoms with Gasteiger partial charge in [0.15, 0.2) is 0 Å². The zero-order valence-electron chi connectivity index (χ0n) is 18.3. The van der Waals surface area contributed by atoms with Gasteiger partial charge < -0.3 is 14.6 Å². The van der Waals surface area contributed by atoms with Crippen LogP contribution in [0, 0.1) is 0 Å². The van der Waals surface area contributed by atoms with Crippen molar-refractivity contribution >= 4 is 28.5 Å². The van der Waals surface area contributed by atoms with Crippen molar-refractivity contribution in [1.29, 1.82) is 0 Å². The van der Waals surface area contributed by atoms with Crippen molar-refractivity contribution in [1.82, 2.24) is 14.9 Å². The summed E-state index contributed by atoms with van der Waals surface area (Å²) in [4.78, 5) is 16.4. The number of hydrogen-bond donors (Lipinski definition) is 1. The molecule has 5 nitrogen and oxygen atoms in total. The maximum atomic E-state index is 11.5. The number of halogens is 1. The fraction of sp³-hybridized carbons (Fsp3) is 0.440. The van der Waals surface area contributed by atoms with Gasteiger partial charge in [0.2, 0.25) is 5.91 Å². The van der Waals surface area contributed by atoms with Crippen molar-refractivity contribution in [2.24, 2.45) is 0 Å². The van der Waals surface area contributed by atoms with Crippen LogP contribution in [0.2, 0.25) is 5.02 Å². The Morgan fingerprint density at radius 2 is 1.87 bits per heavy atom. The van der Waals surface area contributed by atoms with E-state index in [1.54, 1.807) is 0 Å². The molecular formula is C25H32ClN3O2. The second-order valence-electron chi connectivity index (χ2n) is 7.71. The summed E-state index contributed by atoms with van der Waals surface area (Å²) in [7, 11) is 0. The molecule has 1 N–H and O–H groups in total.